The first-order valence-electron chi connectivity index (χ1n) is 5.14. The zero-order valence-corrected chi connectivity index (χ0v) is 9.96. The highest BCUT2D eigenvalue weighted by molar-refractivity contribution is 5.88. The number of allylic oxidation sites excluding steroid dienone is 2. The summed E-state index contributed by atoms with van der Waals surface area (Å²) in [4.78, 5) is 22.2. The molecule has 0 amide bonds. The van der Waals surface area contributed by atoms with Crippen LogP contribution in [0.25, 0.3) is 0 Å². The van der Waals surface area contributed by atoms with E-state index in [1.54, 1.807) is 0 Å². The second-order valence-corrected chi connectivity index (χ2v) is 4.98. The molecule has 2 atom stereocenters. The fourth-order valence-corrected chi connectivity index (χ4v) is 2.00. The quantitative estimate of drug-likeness (QED) is 0.399. The highest BCUT2D eigenvalue weighted by Gasteiger charge is 2.61. The Morgan fingerprint density at radius 1 is 1.20 bits per heavy atom. The molecule has 3 nitrogen and oxygen atoms in total. The summed E-state index contributed by atoms with van der Waals surface area (Å²) in [7, 11) is 0. The van der Waals surface area contributed by atoms with Gasteiger partial charge in [0, 0.05) is 6.92 Å². The normalized spacial score (nSPS) is 26.7. The van der Waals surface area contributed by atoms with Crippen molar-refractivity contribution in [3.63, 3.8) is 0 Å². The van der Waals surface area contributed by atoms with Crippen molar-refractivity contribution in [1.29, 1.82) is 0 Å². The number of carbonyl (C=O) groups is 2. The predicted molar refractivity (Wildman–Crippen MR) is 57.0 cm³/mol. The van der Waals surface area contributed by atoms with E-state index in [9.17, 15) is 9.59 Å². The van der Waals surface area contributed by atoms with Gasteiger partial charge in [-0.2, -0.15) is 0 Å². The molecular formula is C12H18O3. The maximum absolute atomic E-state index is 11.6. The first kappa shape index (κ1) is 12.0. The maximum Gasteiger partial charge on any atom is 0.317 e. The summed E-state index contributed by atoms with van der Waals surface area (Å²) in [6.07, 6.45) is 2.08. The molecular weight excluding hydrogens is 192 g/mol. The third-order valence-corrected chi connectivity index (χ3v) is 2.92. The smallest absolute Gasteiger partial charge is 0.317 e. The fraction of sp³-hybridized carbons (Fsp3) is 0.667. The molecule has 0 aliphatic heterocycles. The Labute approximate surface area is 90.5 Å². The van der Waals surface area contributed by atoms with Crippen LogP contribution >= 0.6 is 0 Å². The van der Waals surface area contributed by atoms with Crippen molar-refractivity contribution in [2.24, 2.45) is 17.3 Å². The van der Waals surface area contributed by atoms with Gasteiger partial charge in [-0.25, -0.2) is 0 Å². The summed E-state index contributed by atoms with van der Waals surface area (Å²) in [5, 5.41) is 0. The molecule has 0 bridgehead atoms. The van der Waals surface area contributed by atoms with Gasteiger partial charge in [0.1, 0.15) is 0 Å². The van der Waals surface area contributed by atoms with Gasteiger partial charge in [-0.1, -0.05) is 25.5 Å². The van der Waals surface area contributed by atoms with E-state index >= 15 is 0 Å². The number of rotatable bonds is 2. The number of esters is 2. The van der Waals surface area contributed by atoms with Crippen LogP contribution in [0.5, 0.6) is 0 Å². The first-order valence-corrected chi connectivity index (χ1v) is 5.14. The highest BCUT2D eigenvalue weighted by Crippen LogP contribution is 2.59. The van der Waals surface area contributed by atoms with Gasteiger partial charge in [-0.3, -0.25) is 9.59 Å². The van der Waals surface area contributed by atoms with Crippen LogP contribution in [0.2, 0.25) is 0 Å². The Hall–Kier alpha value is -1.12. The van der Waals surface area contributed by atoms with Crippen LogP contribution in [0, 0.1) is 17.3 Å². The van der Waals surface area contributed by atoms with E-state index in [-0.39, 0.29) is 17.3 Å². The Morgan fingerprint density at radius 3 is 2.13 bits per heavy atom. The van der Waals surface area contributed by atoms with Crippen molar-refractivity contribution in [2.45, 2.75) is 34.6 Å². The molecule has 3 heteroatoms. The summed E-state index contributed by atoms with van der Waals surface area (Å²) >= 11 is 0. The topological polar surface area (TPSA) is 43.4 Å². The van der Waals surface area contributed by atoms with Gasteiger partial charge in [0.05, 0.1) is 5.92 Å². The fourth-order valence-electron chi connectivity index (χ4n) is 2.00. The van der Waals surface area contributed by atoms with Crippen LogP contribution in [0.4, 0.5) is 0 Å². The number of hydrogen-bond donors (Lipinski definition) is 0. The van der Waals surface area contributed by atoms with Gasteiger partial charge in [0.2, 0.25) is 0 Å². The largest absolute Gasteiger partial charge is 0.393 e. The monoisotopic (exact) mass is 210 g/mol. The van der Waals surface area contributed by atoms with Crippen LogP contribution < -0.4 is 0 Å². The van der Waals surface area contributed by atoms with Crippen LogP contribution in [0.15, 0.2) is 11.6 Å². The first-order chi connectivity index (χ1) is 6.76. The molecule has 0 saturated heterocycles. The molecule has 0 radical (unpaired) electrons. The molecule has 1 rings (SSSR count). The van der Waals surface area contributed by atoms with Gasteiger partial charge < -0.3 is 4.74 Å². The molecule has 0 spiro atoms. The zero-order chi connectivity index (χ0) is 11.8. The SMILES string of the molecule is CC(=O)OC(=O)[C@H]1[C@@H](C=C(C)C)C1(C)C. The Balaban J connectivity index is 2.70. The molecule has 84 valence electrons. The second-order valence-electron chi connectivity index (χ2n) is 4.98. The number of ether oxygens (including phenoxy) is 1. The minimum absolute atomic E-state index is 0.0796. The van der Waals surface area contributed by atoms with E-state index in [0.29, 0.717) is 0 Å². The summed E-state index contributed by atoms with van der Waals surface area (Å²) in [6.45, 7) is 9.29. The average molecular weight is 210 g/mol. The molecule has 0 aromatic carbocycles. The molecule has 1 aliphatic carbocycles. The van der Waals surface area contributed by atoms with E-state index in [4.69, 9.17) is 0 Å². The van der Waals surface area contributed by atoms with Gasteiger partial charge in [0.25, 0.3) is 0 Å². The predicted octanol–water partition coefficient (Wildman–Crippen LogP) is 2.31. The lowest BCUT2D eigenvalue weighted by Gasteiger charge is -2.00. The third-order valence-electron chi connectivity index (χ3n) is 2.92. The van der Waals surface area contributed by atoms with E-state index in [1.807, 2.05) is 27.7 Å². The van der Waals surface area contributed by atoms with Crippen LogP contribution in [-0.4, -0.2) is 11.9 Å². The van der Waals surface area contributed by atoms with E-state index in [0.717, 1.165) is 0 Å². The lowest BCUT2D eigenvalue weighted by atomic mass is 10.1. The molecule has 0 unspecified atom stereocenters. The molecule has 1 aliphatic rings. The van der Waals surface area contributed by atoms with Crippen molar-refractivity contribution in [2.75, 3.05) is 0 Å². The van der Waals surface area contributed by atoms with Crippen molar-refractivity contribution < 1.29 is 14.3 Å². The Bertz CT molecular complexity index is 322. The zero-order valence-electron chi connectivity index (χ0n) is 9.96. The summed E-state index contributed by atoms with van der Waals surface area (Å²) in [5.41, 5.74) is 1.11. The third kappa shape index (κ3) is 2.46. The van der Waals surface area contributed by atoms with E-state index in [1.165, 1.54) is 12.5 Å². The molecule has 1 fully saturated rings. The lowest BCUT2D eigenvalue weighted by molar-refractivity contribution is -0.159. The van der Waals surface area contributed by atoms with Crippen molar-refractivity contribution in [1.82, 2.24) is 0 Å². The Kier molecular flexibility index (Phi) is 3.03. The van der Waals surface area contributed by atoms with E-state index < -0.39 is 11.9 Å². The van der Waals surface area contributed by atoms with Crippen molar-refractivity contribution >= 4 is 11.9 Å². The molecule has 0 heterocycles. The lowest BCUT2D eigenvalue weighted by Crippen LogP contribution is -2.13. The standard InChI is InChI=1S/C12H18O3/c1-7(2)6-9-10(12(9,4)5)11(14)15-8(3)13/h6,9-10H,1-5H3/t9-,10-/m1/s1. The van der Waals surface area contributed by atoms with Crippen molar-refractivity contribution in [3.8, 4) is 0 Å². The molecule has 0 N–H and O–H groups in total. The highest BCUT2D eigenvalue weighted by atomic mass is 16.6. The van der Waals surface area contributed by atoms with Crippen LogP contribution in [0.3, 0.4) is 0 Å². The number of carbonyl (C=O) groups excluding carboxylic acids is 2. The molecule has 1 saturated carbocycles. The van der Waals surface area contributed by atoms with Crippen molar-refractivity contribution in [3.05, 3.63) is 11.6 Å². The van der Waals surface area contributed by atoms with E-state index in [2.05, 4.69) is 10.8 Å². The van der Waals surface area contributed by atoms with Crippen LogP contribution in [-0.2, 0) is 14.3 Å². The summed E-state index contributed by atoms with van der Waals surface area (Å²) in [6, 6.07) is 0. The minimum atomic E-state index is -0.529. The summed E-state index contributed by atoms with van der Waals surface area (Å²) in [5.74, 6) is -0.890. The van der Waals surface area contributed by atoms with Gasteiger partial charge in [-0.05, 0) is 25.2 Å². The number of hydrogen-bond acceptors (Lipinski definition) is 3. The second kappa shape index (κ2) is 3.80. The van der Waals surface area contributed by atoms with Crippen LogP contribution in [0.1, 0.15) is 34.6 Å². The van der Waals surface area contributed by atoms with Gasteiger partial charge in [0.15, 0.2) is 0 Å². The summed E-state index contributed by atoms with van der Waals surface area (Å²) < 4.78 is 4.61. The molecule has 0 aromatic rings. The molecule has 0 aromatic heterocycles. The maximum atomic E-state index is 11.6. The molecule has 15 heavy (non-hydrogen) atoms. The minimum Gasteiger partial charge on any atom is -0.393 e. The average Bonchev–Trinajstić information content (AvgIpc) is 2.49. The Morgan fingerprint density at radius 2 is 1.73 bits per heavy atom. The van der Waals surface area contributed by atoms with Gasteiger partial charge >= 0.3 is 11.9 Å². The van der Waals surface area contributed by atoms with Gasteiger partial charge in [-0.15, -0.1) is 0 Å².